The van der Waals surface area contributed by atoms with Gasteiger partial charge < -0.3 is 9.26 Å². The van der Waals surface area contributed by atoms with Crippen LogP contribution in [0.15, 0.2) is 23.0 Å². The highest BCUT2D eigenvalue weighted by Gasteiger charge is 2.24. The Bertz CT molecular complexity index is 908. The third-order valence-electron chi connectivity index (χ3n) is 3.67. The zero-order chi connectivity index (χ0) is 17.5. The van der Waals surface area contributed by atoms with Crippen LogP contribution in [0.3, 0.4) is 0 Å². The second kappa shape index (κ2) is 5.86. The lowest BCUT2D eigenvalue weighted by Gasteiger charge is -2.08. The maximum absolute atomic E-state index is 12.0. The average Bonchev–Trinajstić information content (AvgIpc) is 3.14. The molecule has 3 aromatic heterocycles. The molecule has 0 fully saturated rings. The summed E-state index contributed by atoms with van der Waals surface area (Å²) >= 11 is 0. The zero-order valence-corrected chi connectivity index (χ0v) is 15.5. The highest BCUT2D eigenvalue weighted by molar-refractivity contribution is 6.87. The number of nitrogens with zero attached hydrogens (tertiary/aromatic N) is 4. The van der Waals surface area contributed by atoms with Crippen molar-refractivity contribution in [3.63, 3.8) is 0 Å². The molecule has 0 saturated carbocycles. The third-order valence-corrected chi connectivity index (χ3v) is 5.39. The van der Waals surface area contributed by atoms with Gasteiger partial charge in [-0.25, -0.2) is 14.8 Å². The number of hydrogen-bond donors (Lipinski definition) is 0. The van der Waals surface area contributed by atoms with E-state index in [0.29, 0.717) is 23.6 Å². The predicted octanol–water partition coefficient (Wildman–Crippen LogP) is 2.41. The highest BCUT2D eigenvalue weighted by Crippen LogP contribution is 2.20. The maximum atomic E-state index is 12.0. The van der Waals surface area contributed by atoms with Crippen LogP contribution in [0.5, 0.6) is 0 Å². The van der Waals surface area contributed by atoms with Crippen molar-refractivity contribution in [2.45, 2.75) is 33.5 Å². The molecule has 0 saturated heterocycles. The van der Waals surface area contributed by atoms with Gasteiger partial charge >= 0.3 is 5.97 Å². The second-order valence-corrected chi connectivity index (χ2v) is 11.6. The van der Waals surface area contributed by atoms with E-state index in [0.717, 1.165) is 11.1 Å². The molecule has 0 bridgehead atoms. The summed E-state index contributed by atoms with van der Waals surface area (Å²) in [5.74, 6) is -0.480. The van der Waals surface area contributed by atoms with Gasteiger partial charge in [0.1, 0.15) is 25.5 Å². The third kappa shape index (κ3) is 2.84. The van der Waals surface area contributed by atoms with Gasteiger partial charge in [0.15, 0.2) is 11.3 Å². The summed E-state index contributed by atoms with van der Waals surface area (Å²) in [6.07, 6.45) is 1.57. The first kappa shape index (κ1) is 16.4. The normalized spacial score (nSPS) is 11.9. The number of esters is 1. The van der Waals surface area contributed by atoms with Crippen LogP contribution >= 0.6 is 0 Å². The Hall–Kier alpha value is -2.48. The van der Waals surface area contributed by atoms with E-state index in [2.05, 4.69) is 34.8 Å². The molecular formula is C16H20N4O3Si. The molecule has 0 amide bonds. The average molecular weight is 344 g/mol. The van der Waals surface area contributed by atoms with E-state index in [-0.39, 0.29) is 5.69 Å². The highest BCUT2D eigenvalue weighted by atomic mass is 28.3. The molecule has 0 unspecified atom stereocenters. The molecular weight excluding hydrogens is 324 g/mol. The molecule has 0 spiro atoms. The Balaban J connectivity index is 2.11. The second-order valence-electron chi connectivity index (χ2n) is 6.62. The van der Waals surface area contributed by atoms with Crippen LogP contribution in [0.4, 0.5) is 0 Å². The van der Waals surface area contributed by atoms with E-state index in [1.54, 1.807) is 17.7 Å². The maximum Gasteiger partial charge on any atom is 0.360 e. The molecule has 126 valence electrons. The minimum Gasteiger partial charge on any atom is -0.461 e. The van der Waals surface area contributed by atoms with Crippen molar-refractivity contribution in [1.29, 1.82) is 0 Å². The van der Waals surface area contributed by atoms with E-state index in [4.69, 9.17) is 9.26 Å². The summed E-state index contributed by atoms with van der Waals surface area (Å²) in [5, 5.41) is 5.06. The number of fused-ring (bicyclic) bond motifs is 1. The molecule has 0 atom stereocenters. The first-order valence-corrected chi connectivity index (χ1v) is 11.3. The first-order valence-electron chi connectivity index (χ1n) is 7.80. The van der Waals surface area contributed by atoms with Crippen molar-refractivity contribution in [2.75, 3.05) is 6.61 Å². The Morgan fingerprint density at radius 2 is 2.04 bits per heavy atom. The largest absolute Gasteiger partial charge is 0.461 e. The summed E-state index contributed by atoms with van der Waals surface area (Å²) in [4.78, 5) is 20.7. The lowest BCUT2D eigenvalue weighted by Crippen LogP contribution is -2.36. The topological polar surface area (TPSA) is 82.5 Å². The minimum atomic E-state index is -1.59. The monoisotopic (exact) mass is 344 g/mol. The zero-order valence-electron chi connectivity index (χ0n) is 14.5. The number of ether oxygens (including phenoxy) is 1. The minimum absolute atomic E-state index is 0.204. The standard InChI is InChI=1S/C16H20N4O3Si/c1-6-22-16(21)14-15-18-11(7-10(2)20(15)9-17-14)12-8-13(23-19-12)24(3,4)5/h7-9H,6H2,1-5H3. The Labute approximate surface area is 140 Å². The molecule has 0 aliphatic rings. The van der Waals surface area contributed by atoms with Gasteiger partial charge in [-0.3, -0.25) is 4.40 Å². The number of carbonyl (C=O) groups is 1. The number of rotatable bonds is 4. The van der Waals surface area contributed by atoms with Gasteiger partial charge in [0.25, 0.3) is 0 Å². The lowest BCUT2D eigenvalue weighted by molar-refractivity contribution is 0.0522. The van der Waals surface area contributed by atoms with Crippen LogP contribution in [-0.2, 0) is 4.74 Å². The van der Waals surface area contributed by atoms with Crippen LogP contribution < -0.4 is 5.38 Å². The smallest absolute Gasteiger partial charge is 0.360 e. The Kier molecular flexibility index (Phi) is 4.00. The van der Waals surface area contributed by atoms with Gasteiger partial charge in [-0.15, -0.1) is 0 Å². The summed E-state index contributed by atoms with van der Waals surface area (Å²) in [5.41, 5.74) is 2.88. The van der Waals surface area contributed by atoms with Crippen LogP contribution in [0.1, 0.15) is 23.1 Å². The SMILES string of the molecule is CCOC(=O)c1ncn2c(C)cc(-c3cc([Si](C)(C)C)on3)nc12. The lowest BCUT2D eigenvalue weighted by atomic mass is 10.2. The van der Waals surface area contributed by atoms with Gasteiger partial charge in [-0.1, -0.05) is 24.8 Å². The summed E-state index contributed by atoms with van der Waals surface area (Å²) in [6, 6.07) is 3.83. The molecule has 0 N–H and O–H groups in total. The fourth-order valence-electron chi connectivity index (χ4n) is 2.34. The predicted molar refractivity (Wildman–Crippen MR) is 92.2 cm³/mol. The van der Waals surface area contributed by atoms with E-state index in [1.807, 2.05) is 19.1 Å². The molecule has 3 rings (SSSR count). The summed E-state index contributed by atoms with van der Waals surface area (Å²) in [6.45, 7) is 10.5. The number of carbonyl (C=O) groups excluding carboxylic acids is 1. The van der Waals surface area contributed by atoms with Crippen molar-refractivity contribution < 1.29 is 14.1 Å². The van der Waals surface area contributed by atoms with Crippen molar-refractivity contribution in [1.82, 2.24) is 19.5 Å². The molecule has 0 aromatic carbocycles. The van der Waals surface area contributed by atoms with Gasteiger partial charge in [0.05, 0.1) is 12.3 Å². The van der Waals surface area contributed by atoms with E-state index in [9.17, 15) is 4.79 Å². The van der Waals surface area contributed by atoms with Crippen LogP contribution in [0.25, 0.3) is 17.0 Å². The number of hydrogen-bond acceptors (Lipinski definition) is 6. The molecule has 3 heterocycles. The molecule has 7 nitrogen and oxygen atoms in total. The molecule has 3 aromatic rings. The Morgan fingerprint density at radius 1 is 1.29 bits per heavy atom. The van der Waals surface area contributed by atoms with E-state index < -0.39 is 14.0 Å². The van der Waals surface area contributed by atoms with Gasteiger partial charge in [0, 0.05) is 11.8 Å². The fraction of sp³-hybridized carbons (Fsp3) is 0.375. The van der Waals surface area contributed by atoms with Crippen molar-refractivity contribution in [3.05, 3.63) is 29.8 Å². The molecule has 24 heavy (non-hydrogen) atoms. The number of aromatic nitrogens is 4. The molecule has 0 aliphatic carbocycles. The van der Waals surface area contributed by atoms with Crippen LogP contribution in [-0.4, -0.2) is 40.2 Å². The van der Waals surface area contributed by atoms with Gasteiger partial charge in [-0.2, -0.15) is 0 Å². The first-order chi connectivity index (χ1) is 11.3. The summed E-state index contributed by atoms with van der Waals surface area (Å²) in [7, 11) is -1.59. The van der Waals surface area contributed by atoms with Crippen molar-refractivity contribution >= 4 is 25.1 Å². The quantitative estimate of drug-likeness (QED) is 0.534. The molecule has 0 aliphatic heterocycles. The van der Waals surface area contributed by atoms with Gasteiger partial charge in [-0.05, 0) is 19.9 Å². The molecule has 8 heteroatoms. The van der Waals surface area contributed by atoms with E-state index >= 15 is 0 Å². The summed E-state index contributed by atoms with van der Waals surface area (Å²) < 4.78 is 12.3. The molecule has 0 radical (unpaired) electrons. The van der Waals surface area contributed by atoms with E-state index in [1.165, 1.54) is 0 Å². The van der Waals surface area contributed by atoms with Crippen LogP contribution in [0.2, 0.25) is 19.6 Å². The van der Waals surface area contributed by atoms with Crippen molar-refractivity contribution in [3.8, 4) is 11.4 Å². The Morgan fingerprint density at radius 3 is 2.67 bits per heavy atom. The fourth-order valence-corrected chi connectivity index (χ4v) is 3.23. The van der Waals surface area contributed by atoms with Gasteiger partial charge in [0.2, 0.25) is 0 Å². The number of aryl methyl sites for hydroxylation is 1. The van der Waals surface area contributed by atoms with Crippen molar-refractivity contribution in [2.24, 2.45) is 0 Å². The number of imidazole rings is 1. The van der Waals surface area contributed by atoms with Crippen LogP contribution in [0, 0.1) is 6.92 Å².